The fourth-order valence-electron chi connectivity index (χ4n) is 3.33. The Morgan fingerprint density at radius 3 is 2.81 bits per heavy atom. The van der Waals surface area contributed by atoms with Crippen LogP contribution in [0.3, 0.4) is 0 Å². The molecule has 112 valence electrons. The monoisotopic (exact) mass is 299 g/mol. The van der Waals surface area contributed by atoms with Crippen LogP contribution in [0.5, 0.6) is 0 Å². The maximum Gasteiger partial charge on any atom is 0.0371 e. The molecule has 0 fully saturated rings. The zero-order valence-corrected chi connectivity index (χ0v) is 13.9. The van der Waals surface area contributed by atoms with Crippen LogP contribution in [0.4, 0.5) is 0 Å². The number of hydrogen-bond donors (Lipinski definition) is 1. The maximum absolute atomic E-state index is 3.74. The predicted octanol–water partition coefficient (Wildman–Crippen LogP) is 4.83. The van der Waals surface area contributed by atoms with Gasteiger partial charge in [0.2, 0.25) is 0 Å². The maximum atomic E-state index is 3.74. The van der Waals surface area contributed by atoms with Crippen LogP contribution in [-0.4, -0.2) is 6.54 Å². The van der Waals surface area contributed by atoms with E-state index >= 15 is 0 Å². The van der Waals surface area contributed by atoms with Crippen molar-refractivity contribution in [2.75, 3.05) is 6.54 Å². The summed E-state index contributed by atoms with van der Waals surface area (Å²) < 4.78 is 0. The van der Waals surface area contributed by atoms with Crippen molar-refractivity contribution in [2.24, 2.45) is 0 Å². The van der Waals surface area contributed by atoms with Crippen molar-refractivity contribution >= 4 is 11.3 Å². The Hall–Kier alpha value is -1.12. The summed E-state index contributed by atoms with van der Waals surface area (Å²) in [5.41, 5.74) is 7.55. The fourth-order valence-corrected chi connectivity index (χ4v) is 4.23. The van der Waals surface area contributed by atoms with Gasteiger partial charge in [-0.05, 0) is 84.1 Å². The topological polar surface area (TPSA) is 12.0 Å². The summed E-state index contributed by atoms with van der Waals surface area (Å²) in [4.78, 5) is 0. The van der Waals surface area contributed by atoms with E-state index in [4.69, 9.17) is 0 Å². The Bertz CT molecular complexity index is 599. The van der Waals surface area contributed by atoms with Crippen molar-refractivity contribution in [3.63, 3.8) is 0 Å². The van der Waals surface area contributed by atoms with Gasteiger partial charge in [0.15, 0.2) is 0 Å². The molecule has 1 heterocycles. The zero-order chi connectivity index (χ0) is 14.7. The molecule has 1 aliphatic rings. The van der Waals surface area contributed by atoms with E-state index in [2.05, 4.69) is 48.1 Å². The van der Waals surface area contributed by atoms with Crippen LogP contribution in [0.15, 0.2) is 29.0 Å². The Labute approximate surface area is 132 Å². The third-order valence-electron chi connectivity index (χ3n) is 4.51. The molecule has 1 aliphatic carbocycles. The Morgan fingerprint density at radius 2 is 2.05 bits per heavy atom. The molecule has 2 heteroatoms. The highest BCUT2D eigenvalue weighted by molar-refractivity contribution is 7.08. The summed E-state index contributed by atoms with van der Waals surface area (Å²) in [5.74, 6) is 0. The van der Waals surface area contributed by atoms with E-state index in [1.54, 1.807) is 11.1 Å². The van der Waals surface area contributed by atoms with Crippen molar-refractivity contribution in [1.82, 2.24) is 5.32 Å². The summed E-state index contributed by atoms with van der Waals surface area (Å²) in [6, 6.07) is 7.60. The number of rotatable bonds is 6. The van der Waals surface area contributed by atoms with Gasteiger partial charge in [-0.1, -0.05) is 25.1 Å². The smallest absolute Gasteiger partial charge is 0.0371 e. The minimum atomic E-state index is 0.454. The molecule has 0 spiro atoms. The van der Waals surface area contributed by atoms with E-state index in [1.807, 2.05) is 11.3 Å². The highest BCUT2D eigenvalue weighted by atomic mass is 32.1. The molecule has 0 radical (unpaired) electrons. The minimum Gasteiger partial charge on any atom is -0.310 e. The minimum absolute atomic E-state index is 0.454. The largest absolute Gasteiger partial charge is 0.310 e. The summed E-state index contributed by atoms with van der Waals surface area (Å²) in [6.45, 7) is 5.56. The summed E-state index contributed by atoms with van der Waals surface area (Å²) in [6.07, 6.45) is 6.17. The van der Waals surface area contributed by atoms with Gasteiger partial charge < -0.3 is 5.32 Å². The second kappa shape index (κ2) is 6.76. The van der Waals surface area contributed by atoms with Crippen LogP contribution >= 0.6 is 11.3 Å². The first-order valence-electron chi connectivity index (χ1n) is 8.14. The first kappa shape index (κ1) is 14.8. The van der Waals surface area contributed by atoms with E-state index in [0.717, 1.165) is 13.0 Å². The number of benzene rings is 1. The quantitative estimate of drug-likeness (QED) is 0.805. The summed E-state index contributed by atoms with van der Waals surface area (Å²) >= 11 is 1.82. The van der Waals surface area contributed by atoms with Crippen molar-refractivity contribution in [1.29, 1.82) is 0 Å². The Balaban J connectivity index is 1.79. The summed E-state index contributed by atoms with van der Waals surface area (Å²) in [5, 5.41) is 8.31. The van der Waals surface area contributed by atoms with Crippen molar-refractivity contribution in [3.05, 3.63) is 56.8 Å². The lowest BCUT2D eigenvalue weighted by molar-refractivity contribution is 0.528. The van der Waals surface area contributed by atoms with Gasteiger partial charge in [0, 0.05) is 6.04 Å². The fraction of sp³-hybridized carbons (Fsp3) is 0.474. The lowest BCUT2D eigenvalue weighted by atomic mass is 9.96. The average molecular weight is 299 g/mol. The second-order valence-corrected chi connectivity index (χ2v) is 6.92. The van der Waals surface area contributed by atoms with Crippen LogP contribution in [0, 0.1) is 6.92 Å². The van der Waals surface area contributed by atoms with Crippen LogP contribution in [0.25, 0.3) is 0 Å². The molecule has 1 atom stereocenters. The van der Waals surface area contributed by atoms with Gasteiger partial charge in [-0.25, -0.2) is 0 Å². The summed E-state index contributed by atoms with van der Waals surface area (Å²) in [7, 11) is 0. The molecule has 0 saturated carbocycles. The van der Waals surface area contributed by atoms with Crippen molar-refractivity contribution < 1.29 is 0 Å². The third-order valence-corrected chi connectivity index (χ3v) is 5.39. The molecule has 1 N–H and O–H groups in total. The normalized spacial score (nSPS) is 15.1. The van der Waals surface area contributed by atoms with Gasteiger partial charge in [0.25, 0.3) is 0 Å². The molecule has 0 amide bonds. The molecule has 0 saturated heterocycles. The van der Waals surface area contributed by atoms with Gasteiger partial charge in [0.1, 0.15) is 0 Å². The molecule has 1 nitrogen and oxygen atoms in total. The van der Waals surface area contributed by atoms with E-state index < -0.39 is 0 Å². The Morgan fingerprint density at radius 1 is 1.19 bits per heavy atom. The second-order valence-electron chi connectivity index (χ2n) is 6.18. The molecule has 1 unspecified atom stereocenters. The SMILES string of the molecule is CCCNC(Cc1ccc2c(c1)CCC2)c1cscc1C. The zero-order valence-electron chi connectivity index (χ0n) is 13.1. The number of fused-ring (bicyclic) bond motifs is 1. The lowest BCUT2D eigenvalue weighted by Crippen LogP contribution is -2.24. The van der Waals surface area contributed by atoms with E-state index in [1.165, 1.54) is 42.4 Å². The molecule has 0 bridgehead atoms. The number of hydrogen-bond acceptors (Lipinski definition) is 2. The molecular formula is C19H25NS. The number of thiophene rings is 1. The molecule has 1 aromatic carbocycles. The third kappa shape index (κ3) is 3.38. The highest BCUT2D eigenvalue weighted by Gasteiger charge is 2.16. The first-order chi connectivity index (χ1) is 10.3. The Kier molecular flexibility index (Phi) is 4.77. The van der Waals surface area contributed by atoms with Crippen LogP contribution in [0.2, 0.25) is 0 Å². The van der Waals surface area contributed by atoms with Crippen LogP contribution in [-0.2, 0) is 19.3 Å². The highest BCUT2D eigenvalue weighted by Crippen LogP contribution is 2.28. The molecule has 2 aromatic rings. The average Bonchev–Trinajstić information content (AvgIpc) is 3.11. The molecule has 1 aromatic heterocycles. The van der Waals surface area contributed by atoms with E-state index in [9.17, 15) is 0 Å². The van der Waals surface area contributed by atoms with Gasteiger partial charge in [-0.2, -0.15) is 11.3 Å². The van der Waals surface area contributed by atoms with Gasteiger partial charge in [0.05, 0.1) is 0 Å². The molecular weight excluding hydrogens is 274 g/mol. The standard InChI is InChI=1S/C19H25NS/c1-3-9-20-19(18-13-21-12-14(18)2)11-15-7-8-16-5-4-6-17(16)10-15/h7-8,10,12-13,19-20H,3-6,9,11H2,1-2H3. The number of nitrogens with one attached hydrogen (secondary N) is 1. The predicted molar refractivity (Wildman–Crippen MR) is 92.3 cm³/mol. The van der Waals surface area contributed by atoms with E-state index in [0.29, 0.717) is 6.04 Å². The van der Waals surface area contributed by atoms with Crippen LogP contribution < -0.4 is 5.32 Å². The number of aryl methyl sites for hydroxylation is 3. The van der Waals surface area contributed by atoms with E-state index in [-0.39, 0.29) is 0 Å². The van der Waals surface area contributed by atoms with Crippen molar-refractivity contribution in [3.8, 4) is 0 Å². The first-order valence-corrected chi connectivity index (χ1v) is 9.09. The van der Waals surface area contributed by atoms with Crippen LogP contribution in [0.1, 0.15) is 53.6 Å². The lowest BCUT2D eigenvalue weighted by Gasteiger charge is -2.19. The molecule has 21 heavy (non-hydrogen) atoms. The molecule has 0 aliphatic heterocycles. The van der Waals surface area contributed by atoms with Crippen molar-refractivity contribution in [2.45, 2.75) is 52.0 Å². The van der Waals surface area contributed by atoms with Gasteiger partial charge in [-0.3, -0.25) is 0 Å². The van der Waals surface area contributed by atoms with Gasteiger partial charge in [-0.15, -0.1) is 0 Å². The van der Waals surface area contributed by atoms with Gasteiger partial charge >= 0.3 is 0 Å². The molecule has 3 rings (SSSR count).